The van der Waals surface area contributed by atoms with Crippen molar-refractivity contribution in [3.05, 3.63) is 113 Å². The van der Waals surface area contributed by atoms with Crippen LogP contribution in [0.4, 0.5) is 0 Å². The summed E-state index contributed by atoms with van der Waals surface area (Å²) in [4.78, 5) is 0. The van der Waals surface area contributed by atoms with Crippen LogP contribution in [0, 0.1) is 5.92 Å². The molecule has 1 aliphatic rings. The first-order chi connectivity index (χ1) is 16.8. The van der Waals surface area contributed by atoms with Gasteiger partial charge < -0.3 is 0 Å². The van der Waals surface area contributed by atoms with Crippen LogP contribution in [0.1, 0.15) is 13.3 Å². The maximum atomic E-state index is 6.08. The van der Waals surface area contributed by atoms with E-state index in [1.807, 2.05) is 6.08 Å². The first-order valence-electron chi connectivity index (χ1n) is 12.0. The van der Waals surface area contributed by atoms with E-state index in [2.05, 4.69) is 102 Å². The second-order valence-corrected chi connectivity index (χ2v) is 19.1. The molecule has 1 heterocycles. The molecule has 4 heteroatoms. The first-order valence-corrected chi connectivity index (χ1v) is 17.9. The zero-order valence-electron chi connectivity index (χ0n) is 20.1. The van der Waals surface area contributed by atoms with Gasteiger partial charge >= 0.3 is 209 Å². The van der Waals surface area contributed by atoms with Crippen LogP contribution in [0.5, 0.6) is 0 Å². The third-order valence-electron chi connectivity index (χ3n) is 6.63. The Morgan fingerprint density at radius 3 is 1.88 bits per heavy atom. The van der Waals surface area contributed by atoms with E-state index in [1.165, 1.54) is 16.3 Å². The van der Waals surface area contributed by atoms with E-state index < -0.39 is 18.4 Å². The molecule has 1 fully saturated rings. The molecule has 4 rings (SSSR count). The first kappa shape index (κ1) is 24.8. The maximum absolute atomic E-state index is 6.08. The van der Waals surface area contributed by atoms with Gasteiger partial charge in [-0.25, -0.2) is 0 Å². The minimum absolute atomic E-state index is 0.113. The third kappa shape index (κ3) is 5.65. The molecule has 0 aliphatic carbocycles. The summed E-state index contributed by atoms with van der Waals surface area (Å²) < 4.78 is 24.2. The Labute approximate surface area is 207 Å². The normalized spacial score (nSPS) is 20.0. The van der Waals surface area contributed by atoms with Crippen LogP contribution < -0.4 is 10.7 Å². The van der Waals surface area contributed by atoms with Gasteiger partial charge in [-0.2, -0.15) is 0 Å². The average Bonchev–Trinajstić information content (AvgIpc) is 2.90. The fourth-order valence-corrected chi connectivity index (χ4v) is 17.9. The Balaban J connectivity index is 1.86. The molecule has 0 bridgehead atoms. The summed E-state index contributed by atoms with van der Waals surface area (Å²) >= 11 is -3.50. The van der Waals surface area contributed by atoms with E-state index in [1.54, 1.807) is 13.4 Å². The molecule has 3 aromatic carbocycles. The van der Waals surface area contributed by atoms with Gasteiger partial charge in [0.15, 0.2) is 0 Å². The molecule has 1 aliphatic heterocycles. The van der Waals surface area contributed by atoms with Crippen LogP contribution in [-0.2, 0) is 14.2 Å². The van der Waals surface area contributed by atoms with Gasteiger partial charge in [0.1, 0.15) is 0 Å². The van der Waals surface area contributed by atoms with Crippen LogP contribution in [0.2, 0.25) is 0 Å². The SMILES string of the molecule is COC/C=C/OC[C@H]1/C(=[CH]/[Sn]([c]2ccccc2)([c]2ccccc2)[c]2ccccc2)CCO[C@H]1C. The number of methoxy groups -OCH3 is 1. The van der Waals surface area contributed by atoms with E-state index in [0.717, 1.165) is 13.0 Å². The molecule has 3 aromatic rings. The van der Waals surface area contributed by atoms with Gasteiger partial charge in [0, 0.05) is 0 Å². The van der Waals surface area contributed by atoms with Gasteiger partial charge in [-0.15, -0.1) is 0 Å². The third-order valence-corrected chi connectivity index (χ3v) is 19.6. The summed E-state index contributed by atoms with van der Waals surface area (Å²) in [6, 6.07) is 33.4. The van der Waals surface area contributed by atoms with Gasteiger partial charge in [-0.1, -0.05) is 0 Å². The Morgan fingerprint density at radius 2 is 1.38 bits per heavy atom. The molecule has 0 radical (unpaired) electrons. The average molecular weight is 561 g/mol. The van der Waals surface area contributed by atoms with E-state index in [4.69, 9.17) is 14.2 Å². The van der Waals surface area contributed by atoms with E-state index in [9.17, 15) is 0 Å². The Morgan fingerprint density at radius 1 is 0.853 bits per heavy atom. The van der Waals surface area contributed by atoms with Crippen LogP contribution in [0.15, 0.2) is 113 Å². The molecule has 2 atom stereocenters. The summed E-state index contributed by atoms with van der Waals surface area (Å²) in [5.74, 6) is 0.216. The molecule has 0 spiro atoms. The number of ether oxygens (including phenoxy) is 3. The number of hydrogen-bond donors (Lipinski definition) is 0. The molecular formula is C30H34O3Sn. The van der Waals surface area contributed by atoms with Gasteiger partial charge in [0.25, 0.3) is 0 Å². The van der Waals surface area contributed by atoms with Gasteiger partial charge in [-0.05, 0) is 0 Å². The predicted octanol–water partition coefficient (Wildman–Crippen LogP) is 4.22. The summed E-state index contributed by atoms with van der Waals surface area (Å²) in [6.07, 6.45) is 4.71. The molecule has 0 unspecified atom stereocenters. The van der Waals surface area contributed by atoms with Crippen molar-refractivity contribution in [2.45, 2.75) is 19.4 Å². The van der Waals surface area contributed by atoms with Gasteiger partial charge in [-0.3, -0.25) is 0 Å². The predicted molar refractivity (Wildman–Crippen MR) is 143 cm³/mol. The van der Waals surface area contributed by atoms with Crippen molar-refractivity contribution in [1.82, 2.24) is 0 Å². The number of benzene rings is 3. The monoisotopic (exact) mass is 562 g/mol. The van der Waals surface area contributed by atoms with E-state index >= 15 is 0 Å². The molecule has 34 heavy (non-hydrogen) atoms. The van der Waals surface area contributed by atoms with E-state index in [-0.39, 0.29) is 12.0 Å². The van der Waals surface area contributed by atoms with Crippen LogP contribution >= 0.6 is 0 Å². The molecule has 0 saturated carbocycles. The number of rotatable bonds is 9. The Bertz CT molecular complexity index is 967. The van der Waals surface area contributed by atoms with Gasteiger partial charge in [0.2, 0.25) is 0 Å². The second-order valence-electron chi connectivity index (χ2n) is 8.72. The van der Waals surface area contributed by atoms with Crippen molar-refractivity contribution in [3.8, 4) is 0 Å². The molecule has 0 aromatic heterocycles. The van der Waals surface area contributed by atoms with Crippen molar-refractivity contribution < 1.29 is 14.2 Å². The molecule has 0 amide bonds. The van der Waals surface area contributed by atoms with Crippen LogP contribution in [0.25, 0.3) is 0 Å². The quantitative estimate of drug-likeness (QED) is 0.290. The fourth-order valence-electron chi connectivity index (χ4n) is 4.88. The van der Waals surface area contributed by atoms with Gasteiger partial charge in [0.05, 0.1) is 0 Å². The molecule has 0 N–H and O–H groups in total. The minimum atomic E-state index is -3.50. The van der Waals surface area contributed by atoms with Crippen molar-refractivity contribution in [3.63, 3.8) is 0 Å². The Kier molecular flexibility index (Phi) is 9.03. The summed E-state index contributed by atoms with van der Waals surface area (Å²) in [5, 5.41) is 0. The fraction of sp³-hybridized carbons (Fsp3) is 0.267. The standard InChI is InChI=1S/C12H19O3.3C6H5.Sn/c1-10-5-8-15-11(2)12(10)9-14-7-4-6-13-3;3*1-2-4-6-5-3-1;/h1,4,7,11-12H,5-6,8-9H2,2-3H3;3*1-5H;/b7-4+,10-1?;;;;/t11-,12-;;;;/m0..../s1. The van der Waals surface area contributed by atoms with Crippen molar-refractivity contribution in [2.24, 2.45) is 5.92 Å². The van der Waals surface area contributed by atoms with Crippen molar-refractivity contribution in [2.75, 3.05) is 26.9 Å². The zero-order chi connectivity index (χ0) is 23.6. The molecule has 3 nitrogen and oxygen atoms in total. The summed E-state index contributed by atoms with van der Waals surface area (Å²) in [6.45, 7) is 4.08. The second kappa shape index (κ2) is 12.4. The molecule has 1 saturated heterocycles. The zero-order valence-corrected chi connectivity index (χ0v) is 23.0. The van der Waals surface area contributed by atoms with Crippen LogP contribution in [0.3, 0.4) is 0 Å². The van der Waals surface area contributed by atoms with Crippen LogP contribution in [-0.4, -0.2) is 51.4 Å². The van der Waals surface area contributed by atoms with Crippen molar-refractivity contribution in [1.29, 1.82) is 0 Å². The number of hydrogen-bond acceptors (Lipinski definition) is 3. The van der Waals surface area contributed by atoms with E-state index in [0.29, 0.717) is 13.2 Å². The summed E-state index contributed by atoms with van der Waals surface area (Å²) in [7, 11) is 1.69. The summed E-state index contributed by atoms with van der Waals surface area (Å²) in [5.41, 5.74) is 1.46. The topological polar surface area (TPSA) is 27.7 Å². The van der Waals surface area contributed by atoms with Crippen molar-refractivity contribution >= 4 is 29.1 Å². The molecule has 176 valence electrons. The Hall–Kier alpha value is -2.34. The molecular weight excluding hydrogens is 527 g/mol.